The topological polar surface area (TPSA) is 63.5 Å². The average molecular weight is 314 g/mol. The van der Waals surface area contributed by atoms with Crippen LogP contribution < -0.4 is 4.90 Å². The van der Waals surface area contributed by atoms with Gasteiger partial charge in [-0.2, -0.15) is 0 Å². The number of nitro benzene ring substituents is 1. The molecule has 5 nitrogen and oxygen atoms in total. The standard InChI is InChI=1S/C17H15FN2O3/c18-14-7-4-12(5-8-14)6-9-16(21)19-11-10-13-2-1-3-15(17(13)19)20(22)23/h1-5,7-8H,6,9-11H2. The molecular weight excluding hydrogens is 299 g/mol. The van der Waals surface area contributed by atoms with Gasteiger partial charge in [-0.3, -0.25) is 14.9 Å². The van der Waals surface area contributed by atoms with Crippen molar-refractivity contribution < 1.29 is 14.1 Å². The number of benzene rings is 2. The predicted octanol–water partition coefficient (Wildman–Crippen LogP) is 3.26. The smallest absolute Gasteiger partial charge is 0.293 e. The molecule has 0 aromatic heterocycles. The normalized spacial score (nSPS) is 13.0. The van der Waals surface area contributed by atoms with Crippen LogP contribution in [0.25, 0.3) is 0 Å². The van der Waals surface area contributed by atoms with Gasteiger partial charge in [-0.1, -0.05) is 24.3 Å². The van der Waals surface area contributed by atoms with Crippen LogP contribution >= 0.6 is 0 Å². The second kappa shape index (κ2) is 6.16. The molecule has 0 saturated carbocycles. The summed E-state index contributed by atoms with van der Waals surface area (Å²) in [5, 5.41) is 11.2. The lowest BCUT2D eigenvalue weighted by atomic mass is 10.1. The number of nitro groups is 1. The lowest BCUT2D eigenvalue weighted by Gasteiger charge is -2.17. The van der Waals surface area contributed by atoms with Gasteiger partial charge in [-0.25, -0.2) is 4.39 Å². The Kier molecular flexibility index (Phi) is 4.06. The highest BCUT2D eigenvalue weighted by molar-refractivity contribution is 5.98. The summed E-state index contributed by atoms with van der Waals surface area (Å²) in [4.78, 5) is 24.7. The van der Waals surface area contributed by atoms with Gasteiger partial charge in [0.05, 0.1) is 4.92 Å². The third kappa shape index (κ3) is 3.06. The van der Waals surface area contributed by atoms with E-state index in [4.69, 9.17) is 0 Å². The highest BCUT2D eigenvalue weighted by Crippen LogP contribution is 2.37. The minimum Gasteiger partial charge on any atom is -0.306 e. The number of carbonyl (C=O) groups excluding carboxylic acids is 1. The van der Waals surface area contributed by atoms with Crippen LogP contribution in [-0.2, 0) is 17.6 Å². The number of amides is 1. The summed E-state index contributed by atoms with van der Waals surface area (Å²) < 4.78 is 12.9. The third-order valence-corrected chi connectivity index (χ3v) is 4.01. The summed E-state index contributed by atoms with van der Waals surface area (Å²) in [6.07, 6.45) is 1.34. The van der Waals surface area contributed by atoms with Crippen molar-refractivity contribution in [1.29, 1.82) is 0 Å². The number of para-hydroxylation sites is 1. The molecule has 23 heavy (non-hydrogen) atoms. The first-order chi connectivity index (χ1) is 11.1. The van der Waals surface area contributed by atoms with E-state index < -0.39 is 4.92 Å². The molecule has 0 saturated heterocycles. The molecule has 3 rings (SSSR count). The van der Waals surface area contributed by atoms with Gasteiger partial charge in [0.25, 0.3) is 5.69 Å². The molecule has 2 aromatic rings. The number of nitrogens with zero attached hydrogens (tertiary/aromatic N) is 2. The van der Waals surface area contributed by atoms with Crippen molar-refractivity contribution in [1.82, 2.24) is 0 Å². The highest BCUT2D eigenvalue weighted by Gasteiger charge is 2.31. The fourth-order valence-electron chi connectivity index (χ4n) is 2.87. The summed E-state index contributed by atoms with van der Waals surface area (Å²) in [6.45, 7) is 0.461. The fraction of sp³-hybridized carbons (Fsp3) is 0.235. The zero-order valence-corrected chi connectivity index (χ0v) is 12.4. The van der Waals surface area contributed by atoms with Gasteiger partial charge >= 0.3 is 0 Å². The molecule has 0 aliphatic carbocycles. The van der Waals surface area contributed by atoms with Crippen molar-refractivity contribution in [3.05, 3.63) is 69.5 Å². The molecule has 0 atom stereocenters. The molecule has 1 aliphatic rings. The Morgan fingerprint density at radius 3 is 2.65 bits per heavy atom. The molecule has 1 amide bonds. The van der Waals surface area contributed by atoms with E-state index in [1.54, 1.807) is 18.2 Å². The number of hydrogen-bond donors (Lipinski definition) is 0. The molecule has 0 unspecified atom stereocenters. The SMILES string of the molecule is O=C(CCc1ccc(F)cc1)N1CCc2cccc([N+](=O)[O-])c21. The molecule has 118 valence electrons. The first-order valence-electron chi connectivity index (χ1n) is 7.37. The van der Waals surface area contributed by atoms with Crippen LogP contribution in [0.3, 0.4) is 0 Å². The van der Waals surface area contributed by atoms with E-state index in [2.05, 4.69) is 0 Å². The van der Waals surface area contributed by atoms with Gasteiger partial charge in [0.15, 0.2) is 0 Å². The van der Waals surface area contributed by atoms with Gasteiger partial charge in [-0.15, -0.1) is 0 Å². The van der Waals surface area contributed by atoms with Crippen LogP contribution in [0.15, 0.2) is 42.5 Å². The summed E-state index contributed by atoms with van der Waals surface area (Å²) in [5.41, 5.74) is 2.08. The maximum absolute atomic E-state index is 12.9. The Balaban J connectivity index is 1.75. The number of fused-ring (bicyclic) bond motifs is 1. The largest absolute Gasteiger partial charge is 0.306 e. The molecule has 1 aliphatic heterocycles. The Labute approximate surface area is 132 Å². The first-order valence-corrected chi connectivity index (χ1v) is 7.37. The van der Waals surface area contributed by atoms with E-state index in [0.717, 1.165) is 11.1 Å². The molecule has 0 spiro atoms. The van der Waals surface area contributed by atoms with Gasteiger partial charge < -0.3 is 4.90 Å². The molecule has 6 heteroatoms. The van der Waals surface area contributed by atoms with E-state index in [1.807, 2.05) is 6.07 Å². The van der Waals surface area contributed by atoms with Gasteiger partial charge in [0, 0.05) is 19.0 Å². The Bertz CT molecular complexity index is 759. The van der Waals surface area contributed by atoms with Crippen molar-refractivity contribution in [2.24, 2.45) is 0 Å². The predicted molar refractivity (Wildman–Crippen MR) is 83.9 cm³/mol. The number of halogens is 1. The van der Waals surface area contributed by atoms with Crippen LogP contribution in [0.4, 0.5) is 15.8 Å². The Morgan fingerprint density at radius 1 is 1.22 bits per heavy atom. The summed E-state index contributed by atoms with van der Waals surface area (Å²) in [5.74, 6) is -0.466. The lowest BCUT2D eigenvalue weighted by molar-refractivity contribution is -0.384. The van der Waals surface area contributed by atoms with E-state index in [0.29, 0.717) is 25.1 Å². The van der Waals surface area contributed by atoms with Crippen molar-refractivity contribution in [2.75, 3.05) is 11.4 Å². The molecule has 0 bridgehead atoms. The molecule has 0 N–H and O–H groups in total. The van der Waals surface area contributed by atoms with Crippen molar-refractivity contribution in [3.63, 3.8) is 0 Å². The summed E-state index contributed by atoms with van der Waals surface area (Å²) >= 11 is 0. The van der Waals surface area contributed by atoms with Crippen LogP contribution in [0, 0.1) is 15.9 Å². The molecule has 1 heterocycles. The second-order valence-electron chi connectivity index (χ2n) is 5.46. The number of aryl methyl sites for hydroxylation is 1. The molecule has 0 fully saturated rings. The van der Waals surface area contributed by atoms with Crippen LogP contribution in [0.5, 0.6) is 0 Å². The van der Waals surface area contributed by atoms with Gasteiger partial charge in [-0.05, 0) is 36.1 Å². The van der Waals surface area contributed by atoms with E-state index in [-0.39, 0.29) is 23.8 Å². The molecule has 0 radical (unpaired) electrons. The fourth-order valence-corrected chi connectivity index (χ4v) is 2.87. The number of rotatable bonds is 4. The minimum atomic E-state index is -0.454. The van der Waals surface area contributed by atoms with E-state index in [1.165, 1.54) is 23.1 Å². The molecule has 2 aromatic carbocycles. The third-order valence-electron chi connectivity index (χ3n) is 4.01. The summed E-state index contributed by atoms with van der Waals surface area (Å²) in [7, 11) is 0. The lowest BCUT2D eigenvalue weighted by Crippen LogP contribution is -2.29. The first kappa shape index (κ1) is 15.1. The number of hydrogen-bond acceptors (Lipinski definition) is 3. The minimum absolute atomic E-state index is 0.0323. The summed E-state index contributed by atoms with van der Waals surface area (Å²) in [6, 6.07) is 10.9. The van der Waals surface area contributed by atoms with Crippen LogP contribution in [-0.4, -0.2) is 17.4 Å². The highest BCUT2D eigenvalue weighted by atomic mass is 19.1. The quantitative estimate of drug-likeness (QED) is 0.643. The van der Waals surface area contributed by atoms with E-state index >= 15 is 0 Å². The maximum atomic E-state index is 12.9. The Morgan fingerprint density at radius 2 is 1.96 bits per heavy atom. The number of anilines is 1. The second-order valence-corrected chi connectivity index (χ2v) is 5.46. The van der Waals surface area contributed by atoms with Crippen molar-refractivity contribution in [2.45, 2.75) is 19.3 Å². The zero-order valence-electron chi connectivity index (χ0n) is 12.4. The van der Waals surface area contributed by atoms with Crippen LogP contribution in [0.1, 0.15) is 17.5 Å². The zero-order chi connectivity index (χ0) is 16.4. The van der Waals surface area contributed by atoms with Crippen LogP contribution in [0.2, 0.25) is 0 Å². The van der Waals surface area contributed by atoms with E-state index in [9.17, 15) is 19.3 Å². The van der Waals surface area contributed by atoms with Crippen molar-refractivity contribution >= 4 is 17.3 Å². The van der Waals surface area contributed by atoms with Gasteiger partial charge in [0.1, 0.15) is 11.5 Å². The number of carbonyl (C=O) groups is 1. The molecular formula is C17H15FN2O3. The van der Waals surface area contributed by atoms with Gasteiger partial charge in [0.2, 0.25) is 5.91 Å². The van der Waals surface area contributed by atoms with Crippen molar-refractivity contribution in [3.8, 4) is 0 Å². The average Bonchev–Trinajstić information content (AvgIpc) is 2.98. The monoisotopic (exact) mass is 314 g/mol. The maximum Gasteiger partial charge on any atom is 0.293 e. The Hall–Kier alpha value is -2.76.